The van der Waals surface area contributed by atoms with E-state index in [1.807, 2.05) is 31.2 Å². The average molecular weight is 332 g/mol. The zero-order valence-corrected chi connectivity index (χ0v) is 15.7. The van der Waals surface area contributed by atoms with Gasteiger partial charge in [0.2, 0.25) is 11.8 Å². The molecule has 0 aliphatic heterocycles. The Morgan fingerprint density at radius 3 is 2.04 bits per heavy atom. The summed E-state index contributed by atoms with van der Waals surface area (Å²) in [6, 6.07) is 7.92. The molecule has 0 saturated heterocycles. The van der Waals surface area contributed by atoms with Crippen molar-refractivity contribution in [2.45, 2.75) is 59.8 Å². The van der Waals surface area contributed by atoms with Crippen molar-refractivity contribution in [2.24, 2.45) is 11.8 Å². The van der Waals surface area contributed by atoms with Crippen molar-refractivity contribution in [3.8, 4) is 0 Å². The Hall–Kier alpha value is -1.84. The summed E-state index contributed by atoms with van der Waals surface area (Å²) in [4.78, 5) is 23.9. The molecule has 1 atom stereocenters. The smallest absolute Gasteiger partial charge is 0.224 e. The predicted molar refractivity (Wildman–Crippen MR) is 100 cm³/mol. The Morgan fingerprint density at radius 1 is 0.917 bits per heavy atom. The van der Waals surface area contributed by atoms with Crippen LogP contribution in [0.2, 0.25) is 0 Å². The third-order valence-electron chi connectivity index (χ3n) is 3.97. The van der Waals surface area contributed by atoms with Crippen LogP contribution in [0.1, 0.15) is 65.4 Å². The van der Waals surface area contributed by atoms with Crippen LogP contribution in [0.15, 0.2) is 24.3 Å². The summed E-state index contributed by atoms with van der Waals surface area (Å²) in [5.74, 6) is 1.06. The van der Waals surface area contributed by atoms with E-state index >= 15 is 0 Å². The van der Waals surface area contributed by atoms with E-state index in [9.17, 15) is 9.59 Å². The highest BCUT2D eigenvalue weighted by Crippen LogP contribution is 2.18. The zero-order valence-electron chi connectivity index (χ0n) is 15.7. The number of anilines is 1. The van der Waals surface area contributed by atoms with E-state index in [0.717, 1.165) is 12.1 Å². The van der Waals surface area contributed by atoms with Crippen molar-refractivity contribution < 1.29 is 9.59 Å². The summed E-state index contributed by atoms with van der Waals surface area (Å²) in [6.45, 7) is 11.2. The fourth-order valence-corrected chi connectivity index (χ4v) is 2.44. The first kappa shape index (κ1) is 20.2. The second-order valence-corrected chi connectivity index (χ2v) is 7.37. The molecule has 2 amide bonds. The second-order valence-electron chi connectivity index (χ2n) is 7.37. The van der Waals surface area contributed by atoms with E-state index in [0.29, 0.717) is 31.2 Å². The standard InChI is InChI=1S/C20H32N2O2/c1-14(2)10-11-21-19(23)12-16(5)13-20(24)22-18-8-6-17(7-9-18)15(3)4/h6-9,14-16H,10-13H2,1-5H3,(H,21,23)(H,22,24)/t16-/m1/s1. The van der Waals surface area contributed by atoms with Crippen molar-refractivity contribution in [2.75, 3.05) is 11.9 Å². The maximum atomic E-state index is 12.1. The van der Waals surface area contributed by atoms with Gasteiger partial charge < -0.3 is 10.6 Å². The summed E-state index contributed by atoms with van der Waals surface area (Å²) in [5.41, 5.74) is 2.05. The molecule has 134 valence electrons. The van der Waals surface area contributed by atoms with Crippen LogP contribution >= 0.6 is 0 Å². The molecule has 4 heteroatoms. The quantitative estimate of drug-likeness (QED) is 0.707. The molecule has 0 aliphatic rings. The molecule has 0 aromatic heterocycles. The molecule has 0 spiro atoms. The predicted octanol–water partition coefficient (Wildman–Crippen LogP) is 4.33. The summed E-state index contributed by atoms with van der Waals surface area (Å²) in [5, 5.41) is 5.81. The van der Waals surface area contributed by atoms with Crippen LogP contribution in [-0.4, -0.2) is 18.4 Å². The van der Waals surface area contributed by atoms with Crippen molar-refractivity contribution in [3.05, 3.63) is 29.8 Å². The highest BCUT2D eigenvalue weighted by molar-refractivity contribution is 5.91. The van der Waals surface area contributed by atoms with Gasteiger partial charge in [-0.25, -0.2) is 0 Å². The molecule has 0 radical (unpaired) electrons. The third kappa shape index (κ3) is 8.14. The SMILES string of the molecule is CC(C)CCNC(=O)C[C@@H](C)CC(=O)Nc1ccc(C(C)C)cc1. The molecule has 1 aromatic rings. The molecule has 0 unspecified atom stereocenters. The normalized spacial score (nSPS) is 12.3. The van der Waals surface area contributed by atoms with Crippen molar-refractivity contribution in [3.63, 3.8) is 0 Å². The molecule has 0 fully saturated rings. The van der Waals surface area contributed by atoms with Crippen LogP contribution in [0, 0.1) is 11.8 Å². The maximum Gasteiger partial charge on any atom is 0.224 e. The molecule has 0 aliphatic carbocycles. The lowest BCUT2D eigenvalue weighted by molar-refractivity contribution is -0.122. The van der Waals surface area contributed by atoms with E-state index in [1.165, 1.54) is 5.56 Å². The summed E-state index contributed by atoms with van der Waals surface area (Å²) in [6.07, 6.45) is 1.72. The molecule has 0 saturated carbocycles. The highest BCUT2D eigenvalue weighted by Gasteiger charge is 2.13. The lowest BCUT2D eigenvalue weighted by atomic mass is 10.0. The molecule has 0 heterocycles. The van der Waals surface area contributed by atoms with Gasteiger partial charge in [-0.2, -0.15) is 0 Å². The van der Waals surface area contributed by atoms with Crippen LogP contribution in [0.5, 0.6) is 0 Å². The largest absolute Gasteiger partial charge is 0.356 e. The van der Waals surface area contributed by atoms with Gasteiger partial charge in [-0.1, -0.05) is 46.8 Å². The van der Waals surface area contributed by atoms with Gasteiger partial charge >= 0.3 is 0 Å². The number of hydrogen-bond acceptors (Lipinski definition) is 2. The van der Waals surface area contributed by atoms with Crippen LogP contribution in [0.25, 0.3) is 0 Å². The van der Waals surface area contributed by atoms with Gasteiger partial charge in [0.25, 0.3) is 0 Å². The number of rotatable bonds is 9. The lowest BCUT2D eigenvalue weighted by Gasteiger charge is -2.13. The summed E-state index contributed by atoms with van der Waals surface area (Å²) >= 11 is 0. The number of benzene rings is 1. The number of nitrogens with one attached hydrogen (secondary N) is 2. The van der Waals surface area contributed by atoms with E-state index in [1.54, 1.807) is 0 Å². The van der Waals surface area contributed by atoms with Gasteiger partial charge in [-0.05, 0) is 41.9 Å². The average Bonchev–Trinajstić information content (AvgIpc) is 2.46. The fourth-order valence-electron chi connectivity index (χ4n) is 2.44. The second kappa shape index (κ2) is 10.1. The summed E-state index contributed by atoms with van der Waals surface area (Å²) < 4.78 is 0. The van der Waals surface area contributed by atoms with E-state index in [2.05, 4.69) is 38.3 Å². The molecule has 1 rings (SSSR count). The Bertz CT molecular complexity index is 521. The molecule has 24 heavy (non-hydrogen) atoms. The van der Waals surface area contributed by atoms with Gasteiger partial charge in [0.15, 0.2) is 0 Å². The van der Waals surface area contributed by atoms with Gasteiger partial charge in [-0.3, -0.25) is 9.59 Å². The van der Waals surface area contributed by atoms with E-state index in [4.69, 9.17) is 0 Å². The van der Waals surface area contributed by atoms with Crippen molar-refractivity contribution in [1.82, 2.24) is 5.32 Å². The third-order valence-corrected chi connectivity index (χ3v) is 3.97. The molecule has 4 nitrogen and oxygen atoms in total. The fraction of sp³-hybridized carbons (Fsp3) is 0.600. The van der Waals surface area contributed by atoms with Crippen molar-refractivity contribution in [1.29, 1.82) is 0 Å². The number of amides is 2. The Labute approximate surface area is 146 Å². The topological polar surface area (TPSA) is 58.2 Å². The van der Waals surface area contributed by atoms with Gasteiger partial charge in [-0.15, -0.1) is 0 Å². The van der Waals surface area contributed by atoms with Crippen LogP contribution in [0.4, 0.5) is 5.69 Å². The van der Waals surface area contributed by atoms with E-state index in [-0.39, 0.29) is 17.7 Å². The Balaban J connectivity index is 2.34. The lowest BCUT2D eigenvalue weighted by Crippen LogP contribution is -2.27. The van der Waals surface area contributed by atoms with Gasteiger partial charge in [0.1, 0.15) is 0 Å². The number of carbonyl (C=O) groups is 2. The molecule has 0 bridgehead atoms. The number of carbonyl (C=O) groups excluding carboxylic acids is 2. The van der Waals surface area contributed by atoms with Crippen LogP contribution < -0.4 is 10.6 Å². The van der Waals surface area contributed by atoms with Crippen molar-refractivity contribution >= 4 is 17.5 Å². The van der Waals surface area contributed by atoms with Crippen LogP contribution in [0.3, 0.4) is 0 Å². The highest BCUT2D eigenvalue weighted by atomic mass is 16.2. The first-order valence-corrected chi connectivity index (χ1v) is 8.94. The minimum absolute atomic E-state index is 0.0252. The maximum absolute atomic E-state index is 12.1. The monoisotopic (exact) mass is 332 g/mol. The number of hydrogen-bond donors (Lipinski definition) is 2. The Morgan fingerprint density at radius 2 is 1.50 bits per heavy atom. The molecular formula is C20H32N2O2. The minimum Gasteiger partial charge on any atom is -0.356 e. The Kier molecular flexibility index (Phi) is 8.51. The van der Waals surface area contributed by atoms with E-state index < -0.39 is 0 Å². The van der Waals surface area contributed by atoms with Gasteiger partial charge in [0, 0.05) is 25.1 Å². The van der Waals surface area contributed by atoms with Gasteiger partial charge in [0.05, 0.1) is 0 Å². The molecule has 1 aromatic carbocycles. The molecular weight excluding hydrogens is 300 g/mol. The first-order valence-electron chi connectivity index (χ1n) is 8.94. The minimum atomic E-state index is -0.0465. The summed E-state index contributed by atoms with van der Waals surface area (Å²) in [7, 11) is 0. The molecule has 2 N–H and O–H groups in total. The zero-order chi connectivity index (χ0) is 18.1. The van der Waals surface area contributed by atoms with Crippen LogP contribution in [-0.2, 0) is 9.59 Å². The first-order chi connectivity index (χ1) is 11.3.